The highest BCUT2D eigenvalue weighted by molar-refractivity contribution is 5.41. The average molecular weight is 280 g/mol. The molecule has 1 aliphatic rings. The molecule has 112 valence electrons. The fourth-order valence-corrected chi connectivity index (χ4v) is 2.33. The number of nitrogens with zero attached hydrogens (tertiary/aromatic N) is 1. The van der Waals surface area contributed by atoms with Gasteiger partial charge in [0.1, 0.15) is 0 Å². The van der Waals surface area contributed by atoms with Crippen molar-refractivity contribution in [3.63, 3.8) is 0 Å². The van der Waals surface area contributed by atoms with E-state index in [1.165, 1.54) is 0 Å². The van der Waals surface area contributed by atoms with Gasteiger partial charge in [-0.15, -0.1) is 0 Å². The molecule has 5 nitrogen and oxygen atoms in total. The van der Waals surface area contributed by atoms with Gasteiger partial charge in [-0.05, 0) is 37.2 Å². The first-order valence-corrected chi connectivity index (χ1v) is 7.16. The minimum absolute atomic E-state index is 0.195. The normalized spacial score (nSPS) is 16.2. The zero-order valence-electron chi connectivity index (χ0n) is 12.1. The van der Waals surface area contributed by atoms with E-state index in [1.54, 1.807) is 19.2 Å². The number of hydrogen-bond acceptors (Lipinski definition) is 5. The molecule has 2 rings (SSSR count). The van der Waals surface area contributed by atoms with Crippen molar-refractivity contribution < 1.29 is 14.6 Å². The van der Waals surface area contributed by atoms with Gasteiger partial charge in [0, 0.05) is 19.6 Å². The van der Waals surface area contributed by atoms with Gasteiger partial charge >= 0.3 is 0 Å². The van der Waals surface area contributed by atoms with Gasteiger partial charge in [-0.1, -0.05) is 6.07 Å². The van der Waals surface area contributed by atoms with Crippen LogP contribution in [0, 0.1) is 0 Å². The number of nitrogens with one attached hydrogen (secondary N) is 1. The van der Waals surface area contributed by atoms with Crippen LogP contribution in [0.3, 0.4) is 0 Å². The summed E-state index contributed by atoms with van der Waals surface area (Å²) in [4.78, 5) is 2.43. The van der Waals surface area contributed by atoms with Crippen LogP contribution in [0.25, 0.3) is 0 Å². The molecule has 1 aromatic carbocycles. The van der Waals surface area contributed by atoms with E-state index in [0.29, 0.717) is 5.75 Å². The van der Waals surface area contributed by atoms with Gasteiger partial charge in [-0.3, -0.25) is 4.90 Å². The molecule has 0 unspecified atom stereocenters. The smallest absolute Gasteiger partial charge is 0.160 e. The predicted molar refractivity (Wildman–Crippen MR) is 78.2 cm³/mol. The lowest BCUT2D eigenvalue weighted by Crippen LogP contribution is -2.37. The van der Waals surface area contributed by atoms with Crippen molar-refractivity contribution in [2.75, 3.05) is 46.5 Å². The molecule has 0 aliphatic carbocycles. The lowest BCUT2D eigenvalue weighted by molar-refractivity contribution is 0.0374. The van der Waals surface area contributed by atoms with E-state index in [2.05, 4.69) is 10.2 Å². The van der Waals surface area contributed by atoms with Crippen molar-refractivity contribution >= 4 is 0 Å². The van der Waals surface area contributed by atoms with Crippen LogP contribution in [-0.2, 0) is 11.3 Å². The molecule has 5 heteroatoms. The number of phenols is 1. The molecule has 1 aliphatic heterocycles. The summed E-state index contributed by atoms with van der Waals surface area (Å²) in [7, 11) is 1.55. The molecule has 0 radical (unpaired) electrons. The zero-order valence-corrected chi connectivity index (χ0v) is 12.1. The molecular weight excluding hydrogens is 256 g/mol. The van der Waals surface area contributed by atoms with Gasteiger partial charge in [0.2, 0.25) is 0 Å². The Balaban J connectivity index is 1.61. The van der Waals surface area contributed by atoms with Crippen LogP contribution in [0.15, 0.2) is 18.2 Å². The third-order valence-electron chi connectivity index (χ3n) is 3.50. The number of aromatic hydroxyl groups is 1. The van der Waals surface area contributed by atoms with Gasteiger partial charge in [0.05, 0.1) is 20.3 Å². The molecule has 1 heterocycles. The summed E-state index contributed by atoms with van der Waals surface area (Å²) in [6, 6.07) is 5.50. The maximum atomic E-state index is 9.69. The predicted octanol–water partition coefficient (Wildman–Crippen LogP) is 1.21. The SMILES string of the molecule is COc1ccc(CNCCCN2CCOCC2)cc1O. The topological polar surface area (TPSA) is 54.0 Å². The summed E-state index contributed by atoms with van der Waals surface area (Å²) in [6.07, 6.45) is 1.13. The standard InChI is InChI=1S/C15H24N2O3/c1-19-15-4-3-13(11-14(15)18)12-16-5-2-6-17-7-9-20-10-8-17/h3-4,11,16,18H,2,5-10,12H2,1H3. The molecule has 0 spiro atoms. The fourth-order valence-electron chi connectivity index (χ4n) is 2.33. The number of benzene rings is 1. The Kier molecular flexibility index (Phi) is 6.11. The third-order valence-corrected chi connectivity index (χ3v) is 3.50. The van der Waals surface area contributed by atoms with Gasteiger partial charge in [0.15, 0.2) is 11.5 Å². The minimum atomic E-state index is 0.195. The molecule has 1 saturated heterocycles. The largest absolute Gasteiger partial charge is 0.504 e. The number of methoxy groups -OCH3 is 1. The summed E-state index contributed by atoms with van der Waals surface area (Å²) in [6.45, 7) is 6.67. The molecule has 2 N–H and O–H groups in total. The molecule has 1 aromatic rings. The molecule has 1 fully saturated rings. The van der Waals surface area contributed by atoms with Crippen molar-refractivity contribution in [2.45, 2.75) is 13.0 Å². The van der Waals surface area contributed by atoms with Crippen molar-refractivity contribution in [3.8, 4) is 11.5 Å². The molecule has 0 atom stereocenters. The number of ether oxygens (including phenoxy) is 2. The highest BCUT2D eigenvalue weighted by Crippen LogP contribution is 2.25. The Bertz CT molecular complexity index is 406. The average Bonchev–Trinajstić information content (AvgIpc) is 2.48. The van der Waals surface area contributed by atoms with Crippen LogP contribution >= 0.6 is 0 Å². The first kappa shape index (κ1) is 15.1. The monoisotopic (exact) mass is 280 g/mol. The van der Waals surface area contributed by atoms with Crippen molar-refractivity contribution in [1.29, 1.82) is 0 Å². The number of hydrogen-bond donors (Lipinski definition) is 2. The molecule has 0 amide bonds. The van der Waals surface area contributed by atoms with Crippen molar-refractivity contribution in [1.82, 2.24) is 10.2 Å². The summed E-state index contributed by atoms with van der Waals surface area (Å²) < 4.78 is 10.3. The van der Waals surface area contributed by atoms with Crippen LogP contribution in [0.5, 0.6) is 11.5 Å². The maximum Gasteiger partial charge on any atom is 0.160 e. The highest BCUT2D eigenvalue weighted by Gasteiger charge is 2.09. The van der Waals surface area contributed by atoms with Crippen LogP contribution < -0.4 is 10.1 Å². The van der Waals surface area contributed by atoms with Gasteiger partial charge in [-0.25, -0.2) is 0 Å². The van der Waals surface area contributed by atoms with Crippen LogP contribution in [0.4, 0.5) is 0 Å². The first-order chi connectivity index (χ1) is 9.79. The van der Waals surface area contributed by atoms with Gasteiger partial charge in [0.25, 0.3) is 0 Å². The summed E-state index contributed by atoms with van der Waals surface area (Å²) >= 11 is 0. The first-order valence-electron chi connectivity index (χ1n) is 7.16. The second-order valence-corrected chi connectivity index (χ2v) is 4.99. The quantitative estimate of drug-likeness (QED) is 0.735. The number of phenolic OH excluding ortho intramolecular Hbond substituents is 1. The van der Waals surface area contributed by atoms with Gasteiger partial charge < -0.3 is 19.9 Å². The number of morpholine rings is 1. The van der Waals surface area contributed by atoms with E-state index in [9.17, 15) is 5.11 Å². The molecule has 20 heavy (non-hydrogen) atoms. The Morgan fingerprint density at radius 1 is 1.35 bits per heavy atom. The maximum absolute atomic E-state index is 9.69. The Hall–Kier alpha value is -1.30. The molecule has 0 bridgehead atoms. The summed E-state index contributed by atoms with van der Waals surface area (Å²) in [5.74, 6) is 0.709. The fraction of sp³-hybridized carbons (Fsp3) is 0.600. The van der Waals surface area contributed by atoms with E-state index < -0.39 is 0 Å². The number of rotatable bonds is 7. The summed E-state index contributed by atoms with van der Waals surface area (Å²) in [5, 5.41) is 13.1. The van der Waals surface area contributed by atoms with Crippen molar-refractivity contribution in [2.24, 2.45) is 0 Å². The second-order valence-electron chi connectivity index (χ2n) is 4.99. The molecule has 0 saturated carbocycles. The lowest BCUT2D eigenvalue weighted by Gasteiger charge is -2.26. The molecular formula is C15H24N2O3. The van der Waals surface area contributed by atoms with E-state index in [0.717, 1.165) is 57.9 Å². The van der Waals surface area contributed by atoms with E-state index in [1.807, 2.05) is 6.07 Å². The van der Waals surface area contributed by atoms with Crippen LogP contribution in [0.2, 0.25) is 0 Å². The minimum Gasteiger partial charge on any atom is -0.504 e. The van der Waals surface area contributed by atoms with Crippen LogP contribution in [-0.4, -0.2) is 56.5 Å². The van der Waals surface area contributed by atoms with E-state index >= 15 is 0 Å². The Morgan fingerprint density at radius 3 is 2.85 bits per heavy atom. The van der Waals surface area contributed by atoms with E-state index in [-0.39, 0.29) is 5.75 Å². The third kappa shape index (κ3) is 4.67. The van der Waals surface area contributed by atoms with Gasteiger partial charge in [-0.2, -0.15) is 0 Å². The Morgan fingerprint density at radius 2 is 2.15 bits per heavy atom. The second kappa shape index (κ2) is 8.09. The highest BCUT2D eigenvalue weighted by atomic mass is 16.5. The summed E-state index contributed by atoms with van der Waals surface area (Å²) in [5.41, 5.74) is 1.06. The van der Waals surface area contributed by atoms with Crippen LogP contribution in [0.1, 0.15) is 12.0 Å². The lowest BCUT2D eigenvalue weighted by atomic mass is 10.2. The zero-order chi connectivity index (χ0) is 14.2. The van der Waals surface area contributed by atoms with E-state index in [4.69, 9.17) is 9.47 Å². The Labute approximate surface area is 120 Å². The molecule has 0 aromatic heterocycles. The van der Waals surface area contributed by atoms with Crippen molar-refractivity contribution in [3.05, 3.63) is 23.8 Å².